The highest BCUT2D eigenvalue weighted by Gasteiger charge is 2.05. The molecule has 1 aromatic heterocycles. The molecule has 0 amide bonds. The molecule has 0 radical (unpaired) electrons. The lowest BCUT2D eigenvalue weighted by Gasteiger charge is -2.02. The Balaban J connectivity index is 2.14. The van der Waals surface area contributed by atoms with Gasteiger partial charge in [-0.15, -0.1) is 0 Å². The fourth-order valence-corrected chi connectivity index (χ4v) is 2.36. The van der Waals surface area contributed by atoms with Gasteiger partial charge in [0.1, 0.15) is 5.76 Å². The fourth-order valence-electron chi connectivity index (χ4n) is 1.52. The first-order valence-electron chi connectivity index (χ1n) is 5.56. The number of Topliss-reactive ketones (excluding diaryl/α,β-unsaturated/α-hetero) is 1. The standard InChI is InChI=1S/C14H14O2S/c1-3-13(15)11-4-6-12(7-5-11)17-14-8-9-16-10(14)2/h4-9H,3H2,1-2H3. The van der Waals surface area contributed by atoms with Crippen molar-refractivity contribution in [3.8, 4) is 0 Å². The van der Waals surface area contributed by atoms with Crippen molar-refractivity contribution in [2.75, 3.05) is 0 Å². The second kappa shape index (κ2) is 5.23. The SMILES string of the molecule is CCC(=O)c1ccc(Sc2ccoc2C)cc1. The third-order valence-electron chi connectivity index (χ3n) is 2.54. The summed E-state index contributed by atoms with van der Waals surface area (Å²) in [5, 5.41) is 0. The number of aryl methyl sites for hydroxylation is 1. The lowest BCUT2D eigenvalue weighted by molar-refractivity contribution is 0.0988. The number of benzene rings is 1. The van der Waals surface area contributed by atoms with Crippen molar-refractivity contribution in [1.82, 2.24) is 0 Å². The molecule has 2 rings (SSSR count). The molecule has 2 nitrogen and oxygen atoms in total. The summed E-state index contributed by atoms with van der Waals surface area (Å²) in [6, 6.07) is 9.65. The molecule has 0 fully saturated rings. The molecule has 0 saturated carbocycles. The van der Waals surface area contributed by atoms with E-state index in [0.29, 0.717) is 6.42 Å². The second-order valence-corrected chi connectivity index (χ2v) is 4.86. The molecular weight excluding hydrogens is 232 g/mol. The molecule has 0 saturated heterocycles. The normalized spacial score (nSPS) is 10.5. The Labute approximate surface area is 105 Å². The van der Waals surface area contributed by atoms with Gasteiger partial charge in [0.05, 0.1) is 11.2 Å². The predicted molar refractivity (Wildman–Crippen MR) is 68.6 cm³/mol. The molecular formula is C14H14O2S. The van der Waals surface area contributed by atoms with Crippen molar-refractivity contribution in [3.05, 3.63) is 47.9 Å². The average molecular weight is 246 g/mol. The van der Waals surface area contributed by atoms with E-state index in [1.54, 1.807) is 18.0 Å². The van der Waals surface area contributed by atoms with Crippen molar-refractivity contribution in [2.24, 2.45) is 0 Å². The lowest BCUT2D eigenvalue weighted by atomic mass is 10.1. The Morgan fingerprint density at radius 2 is 1.94 bits per heavy atom. The maximum Gasteiger partial charge on any atom is 0.162 e. The summed E-state index contributed by atoms with van der Waals surface area (Å²) in [5.41, 5.74) is 0.778. The third-order valence-corrected chi connectivity index (χ3v) is 3.69. The van der Waals surface area contributed by atoms with Gasteiger partial charge in [-0.1, -0.05) is 30.8 Å². The summed E-state index contributed by atoms with van der Waals surface area (Å²) >= 11 is 1.64. The number of carbonyl (C=O) groups excluding carboxylic acids is 1. The summed E-state index contributed by atoms with van der Waals surface area (Å²) in [6.45, 7) is 3.82. The van der Waals surface area contributed by atoms with Crippen molar-refractivity contribution in [1.29, 1.82) is 0 Å². The lowest BCUT2D eigenvalue weighted by Crippen LogP contribution is -1.95. The maximum atomic E-state index is 11.5. The van der Waals surface area contributed by atoms with E-state index in [9.17, 15) is 4.79 Å². The molecule has 1 aromatic carbocycles. The van der Waals surface area contributed by atoms with Crippen LogP contribution >= 0.6 is 11.8 Å². The number of hydrogen-bond acceptors (Lipinski definition) is 3. The summed E-state index contributed by atoms with van der Waals surface area (Å²) < 4.78 is 5.24. The minimum Gasteiger partial charge on any atom is -0.468 e. The molecule has 0 spiro atoms. The highest BCUT2D eigenvalue weighted by molar-refractivity contribution is 7.99. The van der Waals surface area contributed by atoms with Gasteiger partial charge in [-0.3, -0.25) is 4.79 Å². The molecule has 0 aliphatic carbocycles. The van der Waals surface area contributed by atoms with Gasteiger partial charge in [0.15, 0.2) is 5.78 Å². The number of ketones is 1. The topological polar surface area (TPSA) is 30.2 Å². The van der Waals surface area contributed by atoms with Gasteiger partial charge in [0.2, 0.25) is 0 Å². The van der Waals surface area contributed by atoms with Crippen LogP contribution in [-0.2, 0) is 0 Å². The zero-order valence-electron chi connectivity index (χ0n) is 9.90. The first-order chi connectivity index (χ1) is 8.20. The Hall–Kier alpha value is -1.48. The van der Waals surface area contributed by atoms with Gasteiger partial charge in [-0.2, -0.15) is 0 Å². The van der Waals surface area contributed by atoms with E-state index < -0.39 is 0 Å². The number of furan rings is 1. The first-order valence-corrected chi connectivity index (χ1v) is 6.37. The molecule has 3 heteroatoms. The van der Waals surface area contributed by atoms with Gasteiger partial charge >= 0.3 is 0 Å². The molecule has 2 aromatic rings. The van der Waals surface area contributed by atoms with Crippen LogP contribution in [0.2, 0.25) is 0 Å². The summed E-state index contributed by atoms with van der Waals surface area (Å²) in [6.07, 6.45) is 2.24. The molecule has 0 aliphatic heterocycles. The quantitative estimate of drug-likeness (QED) is 0.752. The Kier molecular flexibility index (Phi) is 3.69. The van der Waals surface area contributed by atoms with Crippen LogP contribution in [-0.4, -0.2) is 5.78 Å². The van der Waals surface area contributed by atoms with Crippen LogP contribution in [0.3, 0.4) is 0 Å². The van der Waals surface area contributed by atoms with Crippen molar-refractivity contribution in [3.63, 3.8) is 0 Å². The van der Waals surface area contributed by atoms with E-state index in [0.717, 1.165) is 21.1 Å². The summed E-state index contributed by atoms with van der Waals surface area (Å²) in [5.74, 6) is 1.10. The molecule has 1 heterocycles. The van der Waals surface area contributed by atoms with Gasteiger partial charge in [-0.05, 0) is 25.1 Å². The molecule has 0 atom stereocenters. The van der Waals surface area contributed by atoms with E-state index in [2.05, 4.69) is 0 Å². The second-order valence-electron chi connectivity index (χ2n) is 3.74. The number of carbonyl (C=O) groups is 1. The first kappa shape index (κ1) is 12.0. The highest BCUT2D eigenvalue weighted by Crippen LogP contribution is 2.30. The summed E-state index contributed by atoms with van der Waals surface area (Å²) in [4.78, 5) is 13.7. The Bertz CT molecular complexity index is 511. The molecule has 0 unspecified atom stereocenters. The van der Waals surface area contributed by atoms with E-state index in [1.807, 2.05) is 44.2 Å². The maximum absolute atomic E-state index is 11.5. The van der Waals surface area contributed by atoms with Gasteiger partial charge < -0.3 is 4.42 Å². The van der Waals surface area contributed by atoms with Crippen LogP contribution in [0.25, 0.3) is 0 Å². The van der Waals surface area contributed by atoms with Crippen molar-refractivity contribution in [2.45, 2.75) is 30.1 Å². The molecule has 0 bridgehead atoms. The molecule has 0 aliphatic rings. The van der Waals surface area contributed by atoms with Crippen LogP contribution in [0.4, 0.5) is 0 Å². The minimum absolute atomic E-state index is 0.182. The van der Waals surface area contributed by atoms with Crippen molar-refractivity contribution >= 4 is 17.5 Å². The largest absolute Gasteiger partial charge is 0.468 e. The van der Waals surface area contributed by atoms with Crippen LogP contribution in [0.5, 0.6) is 0 Å². The van der Waals surface area contributed by atoms with Crippen LogP contribution < -0.4 is 0 Å². The predicted octanol–water partition coefficient (Wildman–Crippen LogP) is 4.33. The smallest absolute Gasteiger partial charge is 0.162 e. The van der Waals surface area contributed by atoms with Gasteiger partial charge in [-0.25, -0.2) is 0 Å². The zero-order valence-corrected chi connectivity index (χ0v) is 10.7. The molecule has 0 N–H and O–H groups in total. The van der Waals surface area contributed by atoms with Gasteiger partial charge in [0.25, 0.3) is 0 Å². The van der Waals surface area contributed by atoms with Crippen LogP contribution in [0, 0.1) is 6.92 Å². The Morgan fingerprint density at radius 1 is 1.24 bits per heavy atom. The Morgan fingerprint density at radius 3 is 2.47 bits per heavy atom. The molecule has 17 heavy (non-hydrogen) atoms. The number of rotatable bonds is 4. The van der Waals surface area contributed by atoms with E-state index >= 15 is 0 Å². The average Bonchev–Trinajstić information content (AvgIpc) is 2.75. The van der Waals surface area contributed by atoms with E-state index in [1.165, 1.54) is 0 Å². The highest BCUT2D eigenvalue weighted by atomic mass is 32.2. The summed E-state index contributed by atoms with van der Waals surface area (Å²) in [7, 11) is 0. The minimum atomic E-state index is 0.182. The van der Waals surface area contributed by atoms with E-state index in [-0.39, 0.29) is 5.78 Å². The van der Waals surface area contributed by atoms with Crippen molar-refractivity contribution < 1.29 is 9.21 Å². The van der Waals surface area contributed by atoms with Gasteiger partial charge in [0, 0.05) is 16.9 Å². The van der Waals surface area contributed by atoms with Crippen LogP contribution in [0.15, 0.2) is 50.8 Å². The van der Waals surface area contributed by atoms with Crippen LogP contribution in [0.1, 0.15) is 29.5 Å². The molecule has 88 valence electrons. The third kappa shape index (κ3) is 2.80. The zero-order chi connectivity index (χ0) is 12.3. The van der Waals surface area contributed by atoms with E-state index in [4.69, 9.17) is 4.42 Å². The fraction of sp³-hybridized carbons (Fsp3) is 0.214. The number of hydrogen-bond donors (Lipinski definition) is 0. The monoisotopic (exact) mass is 246 g/mol.